The van der Waals surface area contributed by atoms with Crippen molar-refractivity contribution in [2.24, 2.45) is 0 Å². The summed E-state index contributed by atoms with van der Waals surface area (Å²) in [5.41, 5.74) is 3.45. The minimum atomic E-state index is -0.0679. The molecular formula is C18H13N5OS2. The minimum absolute atomic E-state index is 0.0679. The average molecular weight is 379 g/mol. The molecule has 0 N–H and O–H groups in total. The molecule has 4 heterocycles. The van der Waals surface area contributed by atoms with Crippen LogP contribution in [0.2, 0.25) is 0 Å². The highest BCUT2D eigenvalue weighted by Crippen LogP contribution is 2.30. The maximum absolute atomic E-state index is 12.3. The number of benzene rings is 1. The molecule has 0 aliphatic carbocycles. The predicted molar refractivity (Wildman–Crippen MR) is 104 cm³/mol. The van der Waals surface area contributed by atoms with Crippen molar-refractivity contribution in [3.8, 4) is 0 Å². The lowest BCUT2D eigenvalue weighted by molar-refractivity contribution is 0.937. The number of pyridine rings is 1. The van der Waals surface area contributed by atoms with Gasteiger partial charge in [0, 0.05) is 18.0 Å². The molecule has 1 aromatic carbocycles. The van der Waals surface area contributed by atoms with Gasteiger partial charge in [-0.05, 0) is 30.7 Å². The van der Waals surface area contributed by atoms with Gasteiger partial charge in [-0.1, -0.05) is 41.3 Å². The van der Waals surface area contributed by atoms with E-state index in [1.807, 2.05) is 31.2 Å². The van der Waals surface area contributed by atoms with E-state index in [0.29, 0.717) is 11.4 Å². The highest BCUT2D eigenvalue weighted by molar-refractivity contribution is 7.98. The Morgan fingerprint density at radius 2 is 2.04 bits per heavy atom. The van der Waals surface area contributed by atoms with E-state index in [-0.39, 0.29) is 5.56 Å². The molecule has 128 valence electrons. The third kappa shape index (κ3) is 2.49. The summed E-state index contributed by atoms with van der Waals surface area (Å²) < 4.78 is 4.81. The van der Waals surface area contributed by atoms with Crippen LogP contribution in [-0.4, -0.2) is 24.0 Å². The van der Waals surface area contributed by atoms with Gasteiger partial charge in [0.2, 0.25) is 4.96 Å². The van der Waals surface area contributed by atoms with Crippen LogP contribution in [0.3, 0.4) is 0 Å². The Kier molecular flexibility index (Phi) is 3.54. The van der Waals surface area contributed by atoms with Gasteiger partial charge >= 0.3 is 0 Å². The van der Waals surface area contributed by atoms with Crippen LogP contribution in [0.15, 0.2) is 58.6 Å². The van der Waals surface area contributed by atoms with Gasteiger partial charge in [-0.3, -0.25) is 13.6 Å². The van der Waals surface area contributed by atoms with E-state index in [2.05, 4.69) is 31.7 Å². The zero-order valence-electron chi connectivity index (χ0n) is 13.8. The number of thioether (sulfide) groups is 1. The molecule has 0 unspecified atom stereocenters. The molecule has 0 aliphatic rings. The van der Waals surface area contributed by atoms with E-state index in [9.17, 15) is 4.79 Å². The fourth-order valence-corrected chi connectivity index (χ4v) is 4.78. The van der Waals surface area contributed by atoms with E-state index >= 15 is 0 Å². The van der Waals surface area contributed by atoms with E-state index in [1.54, 1.807) is 28.0 Å². The van der Waals surface area contributed by atoms with Crippen LogP contribution in [0.1, 0.15) is 11.3 Å². The molecule has 26 heavy (non-hydrogen) atoms. The number of hydrogen-bond acceptors (Lipinski definition) is 6. The van der Waals surface area contributed by atoms with Gasteiger partial charge in [0.1, 0.15) is 5.65 Å². The van der Waals surface area contributed by atoms with Crippen LogP contribution in [0.25, 0.3) is 20.8 Å². The molecule has 5 rings (SSSR count). The predicted octanol–water partition coefficient (Wildman–Crippen LogP) is 3.55. The maximum Gasteiger partial charge on any atom is 0.258 e. The Balaban J connectivity index is 1.51. The Bertz CT molecular complexity index is 1330. The summed E-state index contributed by atoms with van der Waals surface area (Å²) in [7, 11) is 0. The maximum atomic E-state index is 12.3. The number of aryl methyl sites for hydroxylation is 1. The van der Waals surface area contributed by atoms with Crippen LogP contribution in [0.5, 0.6) is 0 Å². The molecule has 0 amide bonds. The summed E-state index contributed by atoms with van der Waals surface area (Å²) in [4.78, 5) is 17.8. The summed E-state index contributed by atoms with van der Waals surface area (Å²) >= 11 is 3.15. The van der Waals surface area contributed by atoms with Crippen molar-refractivity contribution in [1.82, 2.24) is 24.0 Å². The molecule has 0 spiro atoms. The van der Waals surface area contributed by atoms with Gasteiger partial charge in [0.05, 0.1) is 15.9 Å². The largest absolute Gasteiger partial charge is 0.269 e. The number of rotatable bonds is 3. The number of para-hydroxylation sites is 1. The van der Waals surface area contributed by atoms with Crippen LogP contribution < -0.4 is 5.56 Å². The Hall–Kier alpha value is -2.71. The monoisotopic (exact) mass is 379 g/mol. The molecule has 6 nitrogen and oxygen atoms in total. The highest BCUT2D eigenvalue weighted by atomic mass is 32.2. The molecule has 0 saturated heterocycles. The van der Waals surface area contributed by atoms with Crippen LogP contribution in [0, 0.1) is 6.92 Å². The second kappa shape index (κ2) is 5.93. The van der Waals surface area contributed by atoms with E-state index < -0.39 is 0 Å². The summed E-state index contributed by atoms with van der Waals surface area (Å²) in [5, 5.41) is 9.37. The topological polar surface area (TPSA) is 64.6 Å². The molecule has 0 radical (unpaired) electrons. The van der Waals surface area contributed by atoms with Crippen molar-refractivity contribution < 1.29 is 0 Å². The number of hydrogen-bond donors (Lipinski definition) is 0. The SMILES string of the molecule is Cc1ccc2nc(CSc3nnc4sc5ccccc5n34)cc(=O)n2c1. The van der Waals surface area contributed by atoms with Crippen LogP contribution in [-0.2, 0) is 5.75 Å². The van der Waals surface area contributed by atoms with Crippen molar-refractivity contribution in [3.05, 3.63) is 70.3 Å². The fourth-order valence-electron chi connectivity index (χ4n) is 2.92. The van der Waals surface area contributed by atoms with Gasteiger partial charge in [-0.2, -0.15) is 0 Å². The first-order chi connectivity index (χ1) is 12.7. The van der Waals surface area contributed by atoms with Crippen molar-refractivity contribution in [2.45, 2.75) is 17.8 Å². The zero-order chi connectivity index (χ0) is 17.7. The Morgan fingerprint density at radius 3 is 2.96 bits per heavy atom. The lowest BCUT2D eigenvalue weighted by Crippen LogP contribution is -2.15. The lowest BCUT2D eigenvalue weighted by atomic mass is 10.3. The van der Waals surface area contributed by atoms with Crippen molar-refractivity contribution in [2.75, 3.05) is 0 Å². The third-order valence-electron chi connectivity index (χ3n) is 4.12. The molecular weight excluding hydrogens is 366 g/mol. The van der Waals surface area contributed by atoms with E-state index in [1.165, 1.54) is 16.5 Å². The lowest BCUT2D eigenvalue weighted by Gasteiger charge is -2.04. The molecule has 8 heteroatoms. The van der Waals surface area contributed by atoms with Crippen molar-refractivity contribution in [1.29, 1.82) is 0 Å². The van der Waals surface area contributed by atoms with E-state index in [0.717, 1.165) is 26.9 Å². The number of nitrogens with zero attached hydrogens (tertiary/aromatic N) is 5. The van der Waals surface area contributed by atoms with E-state index in [4.69, 9.17) is 0 Å². The molecule has 0 saturated carbocycles. The van der Waals surface area contributed by atoms with Gasteiger partial charge < -0.3 is 0 Å². The molecule has 0 bridgehead atoms. The van der Waals surface area contributed by atoms with Gasteiger partial charge in [0.25, 0.3) is 5.56 Å². The summed E-state index contributed by atoms with van der Waals surface area (Å²) in [6.07, 6.45) is 1.81. The number of fused-ring (bicyclic) bond motifs is 4. The van der Waals surface area contributed by atoms with Gasteiger partial charge in [-0.15, -0.1) is 10.2 Å². The highest BCUT2D eigenvalue weighted by Gasteiger charge is 2.13. The summed E-state index contributed by atoms with van der Waals surface area (Å²) in [5.74, 6) is 0.560. The van der Waals surface area contributed by atoms with Crippen LogP contribution in [0.4, 0.5) is 0 Å². The number of thiazole rings is 1. The summed E-state index contributed by atoms with van der Waals surface area (Å²) in [6.45, 7) is 1.96. The smallest absolute Gasteiger partial charge is 0.258 e. The van der Waals surface area contributed by atoms with Crippen LogP contribution >= 0.6 is 23.1 Å². The molecule has 0 fully saturated rings. The fraction of sp³-hybridized carbons (Fsp3) is 0.111. The van der Waals surface area contributed by atoms with Crippen molar-refractivity contribution in [3.63, 3.8) is 0 Å². The average Bonchev–Trinajstić information content (AvgIpc) is 3.20. The standard InChI is InChI=1S/C18H13N5OS2/c1-11-6-7-15-19-12(8-16(24)22(15)9-11)10-25-17-20-21-18-23(17)13-4-2-3-5-14(13)26-18/h2-9H,10H2,1H3. The molecule has 0 atom stereocenters. The number of aromatic nitrogens is 5. The van der Waals surface area contributed by atoms with Gasteiger partial charge in [-0.25, -0.2) is 4.98 Å². The summed E-state index contributed by atoms with van der Waals surface area (Å²) in [6, 6.07) is 13.6. The molecule has 0 aliphatic heterocycles. The van der Waals surface area contributed by atoms with Gasteiger partial charge in [0.15, 0.2) is 5.16 Å². The second-order valence-electron chi connectivity index (χ2n) is 5.98. The second-order valence-corrected chi connectivity index (χ2v) is 7.93. The minimum Gasteiger partial charge on any atom is -0.269 e. The Morgan fingerprint density at radius 1 is 1.15 bits per heavy atom. The molecule has 5 aromatic rings. The first-order valence-electron chi connectivity index (χ1n) is 8.03. The quantitative estimate of drug-likeness (QED) is 0.449. The third-order valence-corrected chi connectivity index (χ3v) is 6.10. The zero-order valence-corrected chi connectivity index (χ0v) is 15.4. The first-order valence-corrected chi connectivity index (χ1v) is 9.84. The van der Waals surface area contributed by atoms with Crippen molar-refractivity contribution >= 4 is 43.9 Å². The first kappa shape index (κ1) is 15.5. The molecule has 4 aromatic heterocycles. The normalized spacial score (nSPS) is 11.7. The Labute approximate surface area is 156 Å².